The van der Waals surface area contributed by atoms with Gasteiger partial charge in [-0.15, -0.1) is 0 Å². The number of aryl methyl sites for hydroxylation is 1. The molecule has 1 aliphatic heterocycles. The molecule has 1 saturated heterocycles. The average Bonchev–Trinajstić information content (AvgIpc) is 2.40. The summed E-state index contributed by atoms with van der Waals surface area (Å²) >= 11 is 0. The van der Waals surface area contributed by atoms with E-state index in [0.29, 0.717) is 6.54 Å². The third-order valence-electron chi connectivity index (χ3n) is 3.60. The van der Waals surface area contributed by atoms with Crippen molar-refractivity contribution >= 4 is 0 Å². The molecule has 2 rings (SSSR count). The molecule has 1 fully saturated rings. The molecule has 100 valence electrons. The van der Waals surface area contributed by atoms with E-state index in [-0.39, 0.29) is 12.1 Å². The van der Waals surface area contributed by atoms with E-state index in [1.54, 1.807) is 0 Å². The summed E-state index contributed by atoms with van der Waals surface area (Å²) in [5, 5.41) is 0. The van der Waals surface area contributed by atoms with E-state index < -0.39 is 0 Å². The van der Waals surface area contributed by atoms with Crippen LogP contribution in [0.4, 0.5) is 0 Å². The summed E-state index contributed by atoms with van der Waals surface area (Å²) in [4.78, 5) is 6.74. The molecule has 1 aromatic heterocycles. The van der Waals surface area contributed by atoms with Crippen LogP contribution in [0, 0.1) is 6.92 Å². The lowest BCUT2D eigenvalue weighted by atomic mass is 9.95. The molecule has 0 saturated carbocycles. The zero-order valence-electron chi connectivity index (χ0n) is 11.3. The van der Waals surface area contributed by atoms with E-state index in [2.05, 4.69) is 29.8 Å². The highest BCUT2D eigenvalue weighted by atomic mass is 16.5. The molecular formula is C14H23N3O. The van der Waals surface area contributed by atoms with E-state index in [9.17, 15) is 0 Å². The van der Waals surface area contributed by atoms with E-state index >= 15 is 0 Å². The van der Waals surface area contributed by atoms with Gasteiger partial charge in [-0.05, 0) is 37.1 Å². The Morgan fingerprint density at radius 2 is 2.39 bits per heavy atom. The molecule has 4 nitrogen and oxygen atoms in total. The summed E-state index contributed by atoms with van der Waals surface area (Å²) in [5.74, 6) is 0. The first-order valence-electron chi connectivity index (χ1n) is 6.74. The SMILES string of the molecule is CCCN1CCOC(CN)C1c1cnccc1C. The average molecular weight is 249 g/mol. The van der Waals surface area contributed by atoms with Crippen LogP contribution in [0.15, 0.2) is 18.5 Å². The van der Waals surface area contributed by atoms with Crippen LogP contribution < -0.4 is 5.73 Å². The lowest BCUT2D eigenvalue weighted by molar-refractivity contribution is -0.0679. The second-order valence-corrected chi connectivity index (χ2v) is 4.86. The maximum Gasteiger partial charge on any atom is 0.0895 e. The fraction of sp³-hybridized carbons (Fsp3) is 0.643. The number of pyridine rings is 1. The van der Waals surface area contributed by atoms with Gasteiger partial charge in [-0.25, -0.2) is 0 Å². The van der Waals surface area contributed by atoms with Gasteiger partial charge < -0.3 is 10.5 Å². The molecule has 1 aliphatic rings. The molecule has 0 bridgehead atoms. The van der Waals surface area contributed by atoms with Crippen molar-refractivity contribution < 1.29 is 4.74 Å². The van der Waals surface area contributed by atoms with Crippen molar-refractivity contribution in [2.45, 2.75) is 32.4 Å². The Balaban J connectivity index is 2.30. The van der Waals surface area contributed by atoms with Crippen molar-refractivity contribution in [1.29, 1.82) is 0 Å². The molecule has 2 heterocycles. The summed E-state index contributed by atoms with van der Waals surface area (Å²) in [6.07, 6.45) is 5.02. The first-order chi connectivity index (χ1) is 8.77. The Kier molecular flexibility index (Phi) is 4.69. The molecule has 1 aromatic rings. The van der Waals surface area contributed by atoms with Gasteiger partial charge in [0.05, 0.1) is 18.8 Å². The molecule has 0 radical (unpaired) electrons. The maximum atomic E-state index is 5.87. The predicted octanol–water partition coefficient (Wildman–Crippen LogP) is 1.50. The summed E-state index contributed by atoms with van der Waals surface area (Å²) in [7, 11) is 0. The molecule has 0 aromatic carbocycles. The van der Waals surface area contributed by atoms with E-state index in [1.807, 2.05) is 12.4 Å². The number of aromatic nitrogens is 1. The normalized spacial score (nSPS) is 25.3. The molecule has 2 N–H and O–H groups in total. The fourth-order valence-corrected chi connectivity index (χ4v) is 2.70. The molecule has 0 aliphatic carbocycles. The van der Waals surface area contributed by atoms with E-state index in [4.69, 9.17) is 10.5 Å². The van der Waals surface area contributed by atoms with Crippen molar-refractivity contribution in [2.24, 2.45) is 5.73 Å². The van der Waals surface area contributed by atoms with Gasteiger partial charge >= 0.3 is 0 Å². The number of nitrogens with zero attached hydrogens (tertiary/aromatic N) is 2. The molecule has 2 unspecified atom stereocenters. The van der Waals surface area contributed by atoms with Crippen LogP contribution in [-0.4, -0.2) is 42.2 Å². The van der Waals surface area contributed by atoms with Gasteiger partial charge in [0, 0.05) is 25.5 Å². The smallest absolute Gasteiger partial charge is 0.0895 e. The van der Waals surface area contributed by atoms with Crippen LogP contribution in [0.1, 0.15) is 30.5 Å². The van der Waals surface area contributed by atoms with Crippen molar-refractivity contribution in [3.8, 4) is 0 Å². The lowest BCUT2D eigenvalue weighted by Gasteiger charge is -2.41. The van der Waals surface area contributed by atoms with Gasteiger partial charge in [-0.1, -0.05) is 6.92 Å². The minimum Gasteiger partial charge on any atom is -0.374 e. The molecule has 0 amide bonds. The van der Waals surface area contributed by atoms with Crippen LogP contribution >= 0.6 is 0 Å². The van der Waals surface area contributed by atoms with Crippen molar-refractivity contribution in [3.63, 3.8) is 0 Å². The third kappa shape index (κ3) is 2.71. The number of hydrogen-bond acceptors (Lipinski definition) is 4. The highest BCUT2D eigenvalue weighted by molar-refractivity contribution is 5.26. The third-order valence-corrected chi connectivity index (χ3v) is 3.60. The highest BCUT2D eigenvalue weighted by Gasteiger charge is 2.33. The fourth-order valence-electron chi connectivity index (χ4n) is 2.70. The van der Waals surface area contributed by atoms with Crippen LogP contribution in [-0.2, 0) is 4.74 Å². The Morgan fingerprint density at radius 3 is 3.06 bits per heavy atom. The lowest BCUT2D eigenvalue weighted by Crippen LogP contribution is -2.48. The zero-order chi connectivity index (χ0) is 13.0. The van der Waals surface area contributed by atoms with E-state index in [0.717, 1.165) is 26.1 Å². The highest BCUT2D eigenvalue weighted by Crippen LogP contribution is 2.30. The minimum absolute atomic E-state index is 0.0770. The largest absolute Gasteiger partial charge is 0.374 e. The first-order valence-corrected chi connectivity index (χ1v) is 6.74. The monoisotopic (exact) mass is 249 g/mol. The predicted molar refractivity (Wildman–Crippen MR) is 72.4 cm³/mol. The van der Waals surface area contributed by atoms with Crippen LogP contribution in [0.5, 0.6) is 0 Å². The van der Waals surface area contributed by atoms with Crippen LogP contribution in [0.25, 0.3) is 0 Å². The van der Waals surface area contributed by atoms with Gasteiger partial charge in [0.1, 0.15) is 0 Å². The second-order valence-electron chi connectivity index (χ2n) is 4.86. The Labute approximate surface area is 109 Å². The first kappa shape index (κ1) is 13.5. The quantitative estimate of drug-likeness (QED) is 0.878. The standard InChI is InChI=1S/C14H23N3O/c1-3-6-17-7-8-18-13(9-15)14(17)12-10-16-5-4-11(12)2/h4-5,10,13-14H,3,6-9,15H2,1-2H3. The topological polar surface area (TPSA) is 51.4 Å². The summed E-state index contributed by atoms with van der Waals surface area (Å²) in [6, 6.07) is 2.30. The van der Waals surface area contributed by atoms with Crippen molar-refractivity contribution in [1.82, 2.24) is 9.88 Å². The summed E-state index contributed by atoms with van der Waals surface area (Å²) in [6.45, 7) is 7.72. The van der Waals surface area contributed by atoms with Crippen molar-refractivity contribution in [2.75, 3.05) is 26.2 Å². The molecule has 18 heavy (non-hydrogen) atoms. The molecule has 0 spiro atoms. The summed E-state index contributed by atoms with van der Waals surface area (Å²) < 4.78 is 5.83. The number of morpholine rings is 1. The zero-order valence-corrected chi connectivity index (χ0v) is 11.3. The van der Waals surface area contributed by atoms with Crippen molar-refractivity contribution in [3.05, 3.63) is 29.6 Å². The Morgan fingerprint density at radius 1 is 1.56 bits per heavy atom. The van der Waals surface area contributed by atoms with Gasteiger partial charge in [0.2, 0.25) is 0 Å². The van der Waals surface area contributed by atoms with Gasteiger partial charge in [0.25, 0.3) is 0 Å². The number of hydrogen-bond donors (Lipinski definition) is 1. The minimum atomic E-state index is 0.0770. The van der Waals surface area contributed by atoms with Crippen LogP contribution in [0.3, 0.4) is 0 Å². The van der Waals surface area contributed by atoms with Gasteiger partial charge in [0.15, 0.2) is 0 Å². The van der Waals surface area contributed by atoms with Gasteiger partial charge in [-0.3, -0.25) is 9.88 Å². The Hall–Kier alpha value is -0.970. The molecule has 2 atom stereocenters. The number of nitrogens with two attached hydrogens (primary N) is 1. The maximum absolute atomic E-state index is 5.87. The summed E-state index contributed by atoms with van der Waals surface area (Å²) in [5.41, 5.74) is 8.38. The Bertz CT molecular complexity index is 381. The number of ether oxygens (including phenoxy) is 1. The second kappa shape index (κ2) is 6.27. The van der Waals surface area contributed by atoms with Crippen LogP contribution in [0.2, 0.25) is 0 Å². The molecule has 4 heteroatoms. The van der Waals surface area contributed by atoms with E-state index in [1.165, 1.54) is 11.1 Å². The number of rotatable bonds is 4. The molecular weight excluding hydrogens is 226 g/mol. The van der Waals surface area contributed by atoms with Gasteiger partial charge in [-0.2, -0.15) is 0 Å².